The van der Waals surface area contributed by atoms with Gasteiger partial charge in [0.25, 0.3) is 0 Å². The summed E-state index contributed by atoms with van der Waals surface area (Å²) in [6.07, 6.45) is 0.00213. The van der Waals surface area contributed by atoms with Crippen LogP contribution < -0.4 is 10.1 Å². The lowest BCUT2D eigenvalue weighted by Gasteiger charge is -2.18. The molecule has 1 N–H and O–H groups in total. The van der Waals surface area contributed by atoms with Gasteiger partial charge < -0.3 is 10.1 Å². The molecule has 0 bridgehead atoms. The van der Waals surface area contributed by atoms with Crippen molar-refractivity contribution in [1.82, 2.24) is 5.32 Å². The van der Waals surface area contributed by atoms with Crippen LogP contribution in [0.15, 0.2) is 23.2 Å². The van der Waals surface area contributed by atoms with Crippen molar-refractivity contribution in [1.29, 1.82) is 0 Å². The summed E-state index contributed by atoms with van der Waals surface area (Å²) < 4.78 is 5.97. The maximum Gasteiger partial charge on any atom is 0.152 e. The third-order valence-corrected chi connectivity index (χ3v) is 2.79. The zero-order chi connectivity index (χ0) is 11.5. The van der Waals surface area contributed by atoms with Gasteiger partial charge in [0.1, 0.15) is 11.6 Å². The van der Waals surface area contributed by atoms with Crippen LogP contribution in [-0.2, 0) is 0 Å². The Hall–Kier alpha value is -1.51. The van der Waals surface area contributed by atoms with Gasteiger partial charge in [-0.3, -0.25) is 4.99 Å². The van der Waals surface area contributed by atoms with Crippen LogP contribution in [0.4, 0.5) is 0 Å². The van der Waals surface area contributed by atoms with Crippen LogP contribution in [0, 0.1) is 13.8 Å². The van der Waals surface area contributed by atoms with Crippen molar-refractivity contribution in [2.75, 3.05) is 13.1 Å². The molecule has 0 unspecified atom stereocenters. The Morgan fingerprint density at radius 2 is 2.00 bits per heavy atom. The van der Waals surface area contributed by atoms with Gasteiger partial charge in [0.05, 0.1) is 6.54 Å². The molecule has 0 fully saturated rings. The van der Waals surface area contributed by atoms with E-state index < -0.39 is 0 Å². The molecule has 2 rings (SSSR count). The summed E-state index contributed by atoms with van der Waals surface area (Å²) in [4.78, 5) is 4.37. The fourth-order valence-corrected chi connectivity index (χ4v) is 1.91. The molecule has 16 heavy (non-hydrogen) atoms. The highest BCUT2D eigenvalue weighted by atomic mass is 16.5. The molecule has 1 aliphatic rings. The van der Waals surface area contributed by atoms with Crippen LogP contribution >= 0.6 is 0 Å². The van der Waals surface area contributed by atoms with Crippen LogP contribution in [-0.4, -0.2) is 25.0 Å². The number of benzene rings is 1. The molecule has 3 nitrogen and oxygen atoms in total. The van der Waals surface area contributed by atoms with Gasteiger partial charge in [0, 0.05) is 6.54 Å². The van der Waals surface area contributed by atoms with Crippen molar-refractivity contribution < 1.29 is 4.74 Å². The first-order valence-electron chi connectivity index (χ1n) is 5.69. The maximum atomic E-state index is 5.97. The Kier molecular flexibility index (Phi) is 3.13. The van der Waals surface area contributed by atoms with Crippen molar-refractivity contribution in [3.8, 4) is 5.75 Å². The Balaban J connectivity index is 2.14. The molecular formula is C13H18N2O. The zero-order valence-electron chi connectivity index (χ0n) is 10.1. The molecule has 0 saturated heterocycles. The number of nitrogens with one attached hydrogen (secondary N) is 1. The van der Waals surface area contributed by atoms with E-state index in [1.165, 1.54) is 11.1 Å². The topological polar surface area (TPSA) is 33.6 Å². The first kappa shape index (κ1) is 11.0. The maximum absolute atomic E-state index is 5.97. The van der Waals surface area contributed by atoms with E-state index in [1.807, 2.05) is 13.0 Å². The van der Waals surface area contributed by atoms with Gasteiger partial charge in [-0.2, -0.15) is 0 Å². The second-order valence-electron chi connectivity index (χ2n) is 4.17. The lowest BCUT2D eigenvalue weighted by Crippen LogP contribution is -2.33. The average molecular weight is 218 g/mol. The number of nitrogens with zero attached hydrogens (tertiary/aromatic N) is 1. The smallest absolute Gasteiger partial charge is 0.152 e. The molecule has 86 valence electrons. The predicted molar refractivity (Wildman–Crippen MR) is 66.3 cm³/mol. The third-order valence-electron chi connectivity index (χ3n) is 2.79. The normalized spacial score (nSPS) is 16.6. The second kappa shape index (κ2) is 4.56. The van der Waals surface area contributed by atoms with E-state index in [-0.39, 0.29) is 6.10 Å². The number of amidine groups is 1. The lowest BCUT2D eigenvalue weighted by atomic mass is 10.1. The van der Waals surface area contributed by atoms with Gasteiger partial charge in [0.2, 0.25) is 0 Å². The van der Waals surface area contributed by atoms with Crippen LogP contribution in [0.5, 0.6) is 5.75 Å². The van der Waals surface area contributed by atoms with Gasteiger partial charge in [-0.05, 0) is 31.9 Å². The fourth-order valence-electron chi connectivity index (χ4n) is 1.91. The molecule has 1 atom stereocenters. The summed E-state index contributed by atoms with van der Waals surface area (Å²) in [5, 5.41) is 3.24. The summed E-state index contributed by atoms with van der Waals surface area (Å²) in [6, 6.07) is 6.19. The molecule has 0 aromatic heterocycles. The average Bonchev–Trinajstić information content (AvgIpc) is 2.76. The molecule has 1 aromatic rings. The predicted octanol–water partition coefficient (Wildman–Crippen LogP) is 2.07. The molecule has 1 aliphatic heterocycles. The number of para-hydroxylation sites is 1. The highest BCUT2D eigenvalue weighted by Gasteiger charge is 2.16. The van der Waals surface area contributed by atoms with Gasteiger partial charge in [-0.1, -0.05) is 18.2 Å². The molecule has 3 heteroatoms. The molecule has 1 aromatic carbocycles. The monoisotopic (exact) mass is 218 g/mol. The van der Waals surface area contributed by atoms with Crippen LogP contribution in [0.25, 0.3) is 0 Å². The Bertz CT molecular complexity index is 392. The molecular weight excluding hydrogens is 200 g/mol. The number of hydrogen-bond acceptors (Lipinski definition) is 3. The van der Waals surface area contributed by atoms with E-state index in [1.54, 1.807) is 0 Å². The standard InChI is InChI=1S/C13H18N2O/c1-9-5-4-6-10(2)12(9)16-11(3)13-14-7-8-15-13/h4-6,11H,7-8H2,1-3H3,(H,14,15)/t11-/m1/s1. The number of hydrogen-bond donors (Lipinski definition) is 1. The van der Waals surface area contributed by atoms with Crippen molar-refractivity contribution in [3.05, 3.63) is 29.3 Å². The number of ether oxygens (including phenoxy) is 1. The van der Waals surface area contributed by atoms with Crippen molar-refractivity contribution in [2.45, 2.75) is 26.9 Å². The lowest BCUT2D eigenvalue weighted by molar-refractivity contribution is 0.280. The summed E-state index contributed by atoms with van der Waals surface area (Å²) in [6.45, 7) is 7.95. The van der Waals surface area contributed by atoms with E-state index in [2.05, 4.69) is 36.3 Å². The van der Waals surface area contributed by atoms with E-state index in [9.17, 15) is 0 Å². The van der Waals surface area contributed by atoms with E-state index in [0.717, 1.165) is 24.7 Å². The van der Waals surface area contributed by atoms with Crippen molar-refractivity contribution in [2.24, 2.45) is 4.99 Å². The van der Waals surface area contributed by atoms with Gasteiger partial charge in [-0.15, -0.1) is 0 Å². The molecule has 0 spiro atoms. The van der Waals surface area contributed by atoms with Crippen LogP contribution in [0.2, 0.25) is 0 Å². The minimum Gasteiger partial charge on any atom is -0.482 e. The molecule has 0 radical (unpaired) electrons. The summed E-state index contributed by atoms with van der Waals surface area (Å²) in [5.74, 6) is 1.94. The first-order valence-corrected chi connectivity index (χ1v) is 5.69. The third kappa shape index (κ3) is 2.18. The van der Waals surface area contributed by atoms with E-state index >= 15 is 0 Å². The van der Waals surface area contributed by atoms with Crippen LogP contribution in [0.1, 0.15) is 18.1 Å². The SMILES string of the molecule is Cc1cccc(C)c1O[C@H](C)C1=NCCN1. The minimum atomic E-state index is 0.00213. The highest BCUT2D eigenvalue weighted by Crippen LogP contribution is 2.23. The first-order chi connectivity index (χ1) is 7.68. The Morgan fingerprint density at radius 3 is 2.56 bits per heavy atom. The molecule has 0 aliphatic carbocycles. The van der Waals surface area contributed by atoms with Crippen molar-refractivity contribution >= 4 is 5.84 Å². The zero-order valence-corrected chi connectivity index (χ0v) is 10.1. The second-order valence-corrected chi connectivity index (χ2v) is 4.17. The largest absolute Gasteiger partial charge is 0.482 e. The minimum absolute atomic E-state index is 0.00213. The number of aliphatic imine (C=N–C) groups is 1. The summed E-state index contributed by atoms with van der Waals surface area (Å²) in [5.41, 5.74) is 2.34. The van der Waals surface area contributed by atoms with Crippen LogP contribution in [0.3, 0.4) is 0 Å². The summed E-state index contributed by atoms with van der Waals surface area (Å²) in [7, 11) is 0. The van der Waals surface area contributed by atoms with Gasteiger partial charge in [-0.25, -0.2) is 0 Å². The Labute approximate surface area is 96.5 Å². The molecule has 0 amide bonds. The van der Waals surface area contributed by atoms with Gasteiger partial charge in [0.15, 0.2) is 6.10 Å². The van der Waals surface area contributed by atoms with E-state index in [4.69, 9.17) is 4.74 Å². The molecule has 1 heterocycles. The highest BCUT2D eigenvalue weighted by molar-refractivity contribution is 5.87. The Morgan fingerprint density at radius 1 is 1.31 bits per heavy atom. The fraction of sp³-hybridized carbons (Fsp3) is 0.462. The van der Waals surface area contributed by atoms with Gasteiger partial charge >= 0.3 is 0 Å². The quantitative estimate of drug-likeness (QED) is 0.842. The number of aryl methyl sites for hydroxylation is 2. The van der Waals surface area contributed by atoms with Crippen molar-refractivity contribution in [3.63, 3.8) is 0 Å². The summed E-state index contributed by atoms with van der Waals surface area (Å²) >= 11 is 0. The number of rotatable bonds is 3. The molecule has 0 saturated carbocycles. The van der Waals surface area contributed by atoms with E-state index in [0.29, 0.717) is 0 Å².